The van der Waals surface area contributed by atoms with E-state index in [1.54, 1.807) is 6.92 Å². The summed E-state index contributed by atoms with van der Waals surface area (Å²) >= 11 is 0. The predicted molar refractivity (Wildman–Crippen MR) is 105 cm³/mol. The molecule has 1 saturated heterocycles. The summed E-state index contributed by atoms with van der Waals surface area (Å²) in [4.78, 5) is 15.4. The summed E-state index contributed by atoms with van der Waals surface area (Å²) in [7, 11) is 0. The highest BCUT2D eigenvalue weighted by Gasteiger charge is 2.45. The van der Waals surface area contributed by atoms with Crippen molar-refractivity contribution < 1.29 is 14.1 Å². The first kappa shape index (κ1) is 17.2. The Morgan fingerprint density at radius 2 is 1.89 bits per heavy atom. The maximum absolute atomic E-state index is 13.5. The minimum absolute atomic E-state index is 0.0374. The highest BCUT2D eigenvalue weighted by atomic mass is 16.5. The van der Waals surface area contributed by atoms with E-state index < -0.39 is 5.60 Å². The molecule has 1 fully saturated rings. The Morgan fingerprint density at radius 3 is 2.75 bits per heavy atom. The van der Waals surface area contributed by atoms with Crippen LogP contribution in [0.2, 0.25) is 0 Å². The van der Waals surface area contributed by atoms with Gasteiger partial charge in [0.05, 0.1) is 13.2 Å². The average Bonchev–Trinajstić information content (AvgIpc) is 3.30. The van der Waals surface area contributed by atoms with Crippen LogP contribution in [-0.4, -0.2) is 29.1 Å². The molecular formula is C23H22N2O3. The summed E-state index contributed by atoms with van der Waals surface area (Å²) in [5.74, 6) is 0.515. The molecule has 0 N–H and O–H groups in total. The molecule has 1 amide bonds. The number of benzene rings is 2. The third-order valence-corrected chi connectivity index (χ3v) is 5.88. The van der Waals surface area contributed by atoms with Crippen molar-refractivity contribution in [3.8, 4) is 11.3 Å². The fourth-order valence-electron chi connectivity index (χ4n) is 4.49. The third kappa shape index (κ3) is 2.66. The number of hydrogen-bond donors (Lipinski definition) is 0. The largest absolute Gasteiger partial charge is 0.364 e. The number of fused-ring (bicyclic) bond motifs is 2. The van der Waals surface area contributed by atoms with E-state index in [4.69, 9.17) is 9.26 Å². The lowest BCUT2D eigenvalue weighted by molar-refractivity contribution is -0.0785. The van der Waals surface area contributed by atoms with Crippen LogP contribution in [0.25, 0.3) is 11.3 Å². The normalized spacial score (nSPS) is 21.1. The fourth-order valence-corrected chi connectivity index (χ4v) is 4.49. The zero-order chi connectivity index (χ0) is 19.1. The summed E-state index contributed by atoms with van der Waals surface area (Å²) in [6, 6.07) is 18.1. The number of rotatable bonds is 2. The van der Waals surface area contributed by atoms with E-state index in [9.17, 15) is 4.79 Å². The highest BCUT2D eigenvalue weighted by Crippen LogP contribution is 2.43. The average molecular weight is 374 g/mol. The van der Waals surface area contributed by atoms with E-state index in [0.717, 1.165) is 18.4 Å². The molecule has 1 spiro atoms. The van der Waals surface area contributed by atoms with Crippen LogP contribution in [-0.2, 0) is 16.9 Å². The van der Waals surface area contributed by atoms with Gasteiger partial charge in [-0.25, -0.2) is 0 Å². The van der Waals surface area contributed by atoms with Gasteiger partial charge in [-0.05, 0) is 30.9 Å². The molecule has 2 aliphatic heterocycles. The maximum atomic E-state index is 13.5. The zero-order valence-corrected chi connectivity index (χ0v) is 15.9. The number of carbonyl (C=O) groups is 1. The van der Waals surface area contributed by atoms with E-state index in [1.165, 1.54) is 11.1 Å². The first-order valence-corrected chi connectivity index (χ1v) is 9.71. The Balaban J connectivity index is 1.48. The molecule has 3 aromatic rings. The van der Waals surface area contributed by atoms with Crippen LogP contribution in [0.4, 0.5) is 0 Å². The first-order valence-electron chi connectivity index (χ1n) is 9.71. The molecule has 0 aliphatic carbocycles. The fraction of sp³-hybridized carbons (Fsp3) is 0.304. The van der Waals surface area contributed by atoms with Gasteiger partial charge in [-0.1, -0.05) is 59.8 Å². The molecule has 3 heterocycles. The Bertz CT molecular complexity index is 1020. The molecule has 2 aliphatic rings. The van der Waals surface area contributed by atoms with Gasteiger partial charge in [0.15, 0.2) is 0 Å². The van der Waals surface area contributed by atoms with Crippen molar-refractivity contribution in [2.24, 2.45) is 0 Å². The van der Waals surface area contributed by atoms with Crippen molar-refractivity contribution in [1.82, 2.24) is 10.1 Å². The number of ether oxygens (including phenoxy) is 1. The van der Waals surface area contributed by atoms with Crippen molar-refractivity contribution >= 4 is 5.91 Å². The van der Waals surface area contributed by atoms with E-state index in [-0.39, 0.29) is 5.91 Å². The summed E-state index contributed by atoms with van der Waals surface area (Å²) in [5.41, 5.74) is 4.09. The number of nitrogens with zero attached hydrogens (tertiary/aromatic N) is 2. The van der Waals surface area contributed by atoms with Gasteiger partial charge < -0.3 is 14.2 Å². The molecule has 142 valence electrons. The summed E-state index contributed by atoms with van der Waals surface area (Å²) in [6.07, 6.45) is 1.84. The topological polar surface area (TPSA) is 55.6 Å². The van der Waals surface area contributed by atoms with Gasteiger partial charge in [0.2, 0.25) is 0 Å². The molecule has 1 atom stereocenters. The molecule has 28 heavy (non-hydrogen) atoms. The summed E-state index contributed by atoms with van der Waals surface area (Å²) in [6.45, 7) is 3.68. The smallest absolute Gasteiger partial charge is 0.259 e. The monoisotopic (exact) mass is 374 g/mol. The second kappa shape index (κ2) is 6.60. The van der Waals surface area contributed by atoms with Crippen LogP contribution in [0, 0.1) is 6.92 Å². The molecule has 0 bridgehead atoms. The first-order chi connectivity index (χ1) is 13.7. The van der Waals surface area contributed by atoms with Crippen molar-refractivity contribution in [3.63, 3.8) is 0 Å². The molecule has 2 aromatic carbocycles. The van der Waals surface area contributed by atoms with Crippen LogP contribution in [0.15, 0.2) is 59.1 Å². The number of carbonyl (C=O) groups excluding carboxylic acids is 1. The highest BCUT2D eigenvalue weighted by molar-refractivity contribution is 6.00. The molecule has 0 radical (unpaired) electrons. The predicted octanol–water partition coefficient (Wildman–Crippen LogP) is 4.31. The van der Waals surface area contributed by atoms with Crippen LogP contribution in [0.1, 0.15) is 40.1 Å². The molecule has 5 heteroatoms. The lowest BCUT2D eigenvalue weighted by Crippen LogP contribution is -2.48. The van der Waals surface area contributed by atoms with Crippen LogP contribution >= 0.6 is 0 Å². The van der Waals surface area contributed by atoms with Crippen LogP contribution in [0.3, 0.4) is 0 Å². The maximum Gasteiger partial charge on any atom is 0.259 e. The number of aryl methyl sites for hydroxylation is 1. The minimum atomic E-state index is -0.400. The van der Waals surface area contributed by atoms with E-state index in [0.29, 0.717) is 36.7 Å². The Labute approximate surface area is 163 Å². The SMILES string of the molecule is Cc1onc(-c2ccccc2)c1C(=O)N1CCCC2(C1)OCc1ccccc12. The lowest BCUT2D eigenvalue weighted by Gasteiger charge is -2.40. The van der Waals surface area contributed by atoms with Crippen LogP contribution in [0.5, 0.6) is 0 Å². The number of likely N-dealkylation sites (tertiary alicyclic amines) is 1. The van der Waals surface area contributed by atoms with E-state index >= 15 is 0 Å². The Kier molecular flexibility index (Phi) is 4.05. The van der Waals surface area contributed by atoms with Gasteiger partial charge in [0.25, 0.3) is 5.91 Å². The lowest BCUT2D eigenvalue weighted by atomic mass is 9.84. The van der Waals surface area contributed by atoms with Gasteiger partial charge in [0, 0.05) is 12.1 Å². The Hall–Kier alpha value is -2.92. The van der Waals surface area contributed by atoms with Gasteiger partial charge in [-0.15, -0.1) is 0 Å². The van der Waals surface area contributed by atoms with Gasteiger partial charge in [0.1, 0.15) is 22.6 Å². The standard InChI is InChI=1S/C23H22N2O3/c1-16-20(21(24-28-16)17-8-3-2-4-9-17)22(26)25-13-7-12-23(15-25)19-11-6-5-10-18(19)14-27-23/h2-6,8-11H,7,12-15H2,1H3. The second-order valence-electron chi connectivity index (χ2n) is 7.60. The second-order valence-corrected chi connectivity index (χ2v) is 7.60. The molecule has 5 nitrogen and oxygen atoms in total. The molecule has 1 aromatic heterocycles. The zero-order valence-electron chi connectivity index (χ0n) is 15.9. The molecule has 5 rings (SSSR count). The molecule has 0 saturated carbocycles. The van der Waals surface area contributed by atoms with Gasteiger partial charge in [-0.3, -0.25) is 4.79 Å². The summed E-state index contributed by atoms with van der Waals surface area (Å²) in [5, 5.41) is 4.17. The van der Waals surface area contributed by atoms with Gasteiger partial charge >= 0.3 is 0 Å². The quantitative estimate of drug-likeness (QED) is 0.671. The molecular weight excluding hydrogens is 352 g/mol. The van der Waals surface area contributed by atoms with Crippen molar-refractivity contribution in [2.75, 3.05) is 13.1 Å². The number of hydrogen-bond acceptors (Lipinski definition) is 4. The molecule has 1 unspecified atom stereocenters. The number of aromatic nitrogens is 1. The third-order valence-electron chi connectivity index (χ3n) is 5.88. The number of piperidine rings is 1. The van der Waals surface area contributed by atoms with E-state index in [1.807, 2.05) is 47.4 Å². The minimum Gasteiger partial charge on any atom is -0.364 e. The van der Waals surface area contributed by atoms with Crippen LogP contribution < -0.4 is 0 Å². The summed E-state index contributed by atoms with van der Waals surface area (Å²) < 4.78 is 11.7. The van der Waals surface area contributed by atoms with E-state index in [2.05, 4.69) is 17.3 Å². The Morgan fingerprint density at radius 1 is 1.11 bits per heavy atom. The van der Waals surface area contributed by atoms with Crippen molar-refractivity contribution in [2.45, 2.75) is 32.0 Å². The van der Waals surface area contributed by atoms with Gasteiger partial charge in [-0.2, -0.15) is 0 Å². The van der Waals surface area contributed by atoms with Crippen molar-refractivity contribution in [1.29, 1.82) is 0 Å². The van der Waals surface area contributed by atoms with Crippen molar-refractivity contribution in [3.05, 3.63) is 77.0 Å². The number of amides is 1.